The molecule has 0 fully saturated rings. The maximum Gasteiger partial charge on any atom is 0.252 e. The normalized spacial score (nSPS) is 12.6. The number of nitrogens with zero attached hydrogens (tertiary/aromatic N) is 3. The van der Waals surface area contributed by atoms with Crippen molar-refractivity contribution in [1.82, 2.24) is 19.9 Å². The molecule has 2 heterocycles. The summed E-state index contributed by atoms with van der Waals surface area (Å²) in [6, 6.07) is 3.51. The van der Waals surface area contributed by atoms with E-state index in [0.29, 0.717) is 17.6 Å². The smallest absolute Gasteiger partial charge is 0.252 e. The Morgan fingerprint density at radius 2 is 2.39 bits per heavy atom. The molecule has 0 aliphatic rings. The summed E-state index contributed by atoms with van der Waals surface area (Å²) in [4.78, 5) is 12.0. The van der Waals surface area contributed by atoms with E-state index in [9.17, 15) is 4.79 Å². The van der Waals surface area contributed by atoms with E-state index in [-0.39, 0.29) is 18.6 Å². The predicted octanol–water partition coefficient (Wildman–Crippen LogP) is 0.620. The molecule has 0 bridgehead atoms. The van der Waals surface area contributed by atoms with Crippen LogP contribution in [0.5, 0.6) is 0 Å². The van der Waals surface area contributed by atoms with Crippen LogP contribution in [0, 0.1) is 0 Å². The van der Waals surface area contributed by atoms with Crippen molar-refractivity contribution < 1.29 is 9.90 Å². The standard InChI is InChI=1S/C12H16N4O2/c1-9(3-2-6-17)14-12(18)10-4-5-11-15-13-8-16(11)7-10/h4-5,7-9,17H,2-3,6H2,1H3,(H,14,18). The van der Waals surface area contributed by atoms with E-state index >= 15 is 0 Å². The number of aromatic nitrogens is 3. The topological polar surface area (TPSA) is 79.5 Å². The summed E-state index contributed by atoms with van der Waals surface area (Å²) in [5, 5.41) is 19.2. The Balaban J connectivity index is 2.03. The zero-order valence-corrected chi connectivity index (χ0v) is 10.2. The van der Waals surface area contributed by atoms with E-state index in [1.807, 2.05) is 6.92 Å². The maximum atomic E-state index is 12.0. The van der Waals surface area contributed by atoms with Gasteiger partial charge in [0.1, 0.15) is 6.33 Å². The Kier molecular flexibility index (Phi) is 3.88. The minimum atomic E-state index is -0.129. The minimum absolute atomic E-state index is 0.0428. The van der Waals surface area contributed by atoms with Gasteiger partial charge in [0.25, 0.3) is 5.91 Å². The van der Waals surface area contributed by atoms with Crippen LogP contribution in [0.15, 0.2) is 24.7 Å². The van der Waals surface area contributed by atoms with Gasteiger partial charge in [-0.25, -0.2) is 0 Å². The van der Waals surface area contributed by atoms with Gasteiger partial charge >= 0.3 is 0 Å². The molecule has 1 unspecified atom stereocenters. The third-order valence-corrected chi connectivity index (χ3v) is 2.73. The van der Waals surface area contributed by atoms with Gasteiger partial charge in [0.2, 0.25) is 0 Å². The highest BCUT2D eigenvalue weighted by Gasteiger charge is 2.10. The first-order valence-electron chi connectivity index (χ1n) is 5.92. The quantitative estimate of drug-likeness (QED) is 0.813. The molecule has 6 nitrogen and oxygen atoms in total. The van der Waals surface area contributed by atoms with E-state index in [1.165, 1.54) is 0 Å². The molecule has 18 heavy (non-hydrogen) atoms. The Morgan fingerprint density at radius 3 is 3.17 bits per heavy atom. The Labute approximate surface area is 105 Å². The number of rotatable bonds is 5. The molecule has 0 saturated heterocycles. The van der Waals surface area contributed by atoms with Gasteiger partial charge in [-0.1, -0.05) is 0 Å². The molecule has 0 aromatic carbocycles. The summed E-state index contributed by atoms with van der Waals surface area (Å²) < 4.78 is 1.70. The van der Waals surface area contributed by atoms with Crippen molar-refractivity contribution in [3.8, 4) is 0 Å². The molecule has 2 aromatic rings. The first kappa shape index (κ1) is 12.5. The molecule has 2 rings (SSSR count). The number of amides is 1. The second kappa shape index (κ2) is 5.59. The number of nitrogens with one attached hydrogen (secondary N) is 1. The average Bonchev–Trinajstić information content (AvgIpc) is 2.83. The largest absolute Gasteiger partial charge is 0.396 e. The average molecular weight is 248 g/mol. The zero-order valence-electron chi connectivity index (χ0n) is 10.2. The molecule has 1 atom stereocenters. The molecule has 0 aliphatic carbocycles. The number of aliphatic hydroxyl groups excluding tert-OH is 1. The van der Waals surface area contributed by atoms with Gasteiger partial charge in [-0.05, 0) is 31.9 Å². The fourth-order valence-electron chi connectivity index (χ4n) is 1.74. The Morgan fingerprint density at radius 1 is 1.56 bits per heavy atom. The highest BCUT2D eigenvalue weighted by Crippen LogP contribution is 2.05. The van der Waals surface area contributed by atoms with E-state index in [0.717, 1.165) is 6.42 Å². The summed E-state index contributed by atoms with van der Waals surface area (Å²) in [5.41, 5.74) is 1.28. The molecular weight excluding hydrogens is 232 g/mol. The highest BCUT2D eigenvalue weighted by atomic mass is 16.3. The van der Waals surface area contributed by atoms with Crippen molar-refractivity contribution in [3.63, 3.8) is 0 Å². The second-order valence-corrected chi connectivity index (χ2v) is 4.25. The van der Waals surface area contributed by atoms with Crippen molar-refractivity contribution in [2.45, 2.75) is 25.8 Å². The van der Waals surface area contributed by atoms with Gasteiger partial charge in [-0.15, -0.1) is 10.2 Å². The number of hydrogen-bond donors (Lipinski definition) is 2. The molecule has 2 aromatic heterocycles. The molecular formula is C12H16N4O2. The number of fused-ring (bicyclic) bond motifs is 1. The highest BCUT2D eigenvalue weighted by molar-refractivity contribution is 5.94. The van der Waals surface area contributed by atoms with Crippen LogP contribution in [0.1, 0.15) is 30.1 Å². The first-order valence-corrected chi connectivity index (χ1v) is 5.92. The van der Waals surface area contributed by atoms with Crippen LogP contribution < -0.4 is 5.32 Å². The summed E-state index contributed by atoms with van der Waals surface area (Å²) in [5.74, 6) is -0.129. The number of hydrogen-bond acceptors (Lipinski definition) is 4. The minimum Gasteiger partial charge on any atom is -0.396 e. The molecule has 0 spiro atoms. The maximum absolute atomic E-state index is 12.0. The van der Waals surface area contributed by atoms with Crippen LogP contribution in [0.25, 0.3) is 5.65 Å². The van der Waals surface area contributed by atoms with Gasteiger partial charge in [0.05, 0.1) is 5.56 Å². The van der Waals surface area contributed by atoms with Gasteiger partial charge < -0.3 is 10.4 Å². The lowest BCUT2D eigenvalue weighted by Gasteiger charge is -2.13. The lowest BCUT2D eigenvalue weighted by Crippen LogP contribution is -2.32. The van der Waals surface area contributed by atoms with Crippen molar-refractivity contribution >= 4 is 11.6 Å². The molecule has 96 valence electrons. The van der Waals surface area contributed by atoms with E-state index in [2.05, 4.69) is 15.5 Å². The summed E-state index contributed by atoms with van der Waals surface area (Å²) in [7, 11) is 0. The SMILES string of the molecule is CC(CCCO)NC(=O)c1ccc2nncn2c1. The fraction of sp³-hybridized carbons (Fsp3) is 0.417. The van der Waals surface area contributed by atoms with Crippen molar-refractivity contribution in [1.29, 1.82) is 0 Å². The summed E-state index contributed by atoms with van der Waals surface area (Å²) in [6.45, 7) is 2.07. The van der Waals surface area contributed by atoms with Crippen LogP contribution in [-0.4, -0.2) is 38.3 Å². The van der Waals surface area contributed by atoms with Gasteiger partial charge in [-0.3, -0.25) is 9.20 Å². The van der Waals surface area contributed by atoms with E-state index in [1.54, 1.807) is 29.1 Å². The predicted molar refractivity (Wildman–Crippen MR) is 66.2 cm³/mol. The third kappa shape index (κ3) is 2.84. The van der Waals surface area contributed by atoms with Crippen molar-refractivity contribution in [2.24, 2.45) is 0 Å². The molecule has 0 saturated carbocycles. The zero-order chi connectivity index (χ0) is 13.0. The second-order valence-electron chi connectivity index (χ2n) is 4.25. The molecule has 2 N–H and O–H groups in total. The molecule has 1 amide bonds. The van der Waals surface area contributed by atoms with Gasteiger partial charge in [-0.2, -0.15) is 0 Å². The first-order chi connectivity index (χ1) is 8.70. The van der Waals surface area contributed by atoms with Crippen LogP contribution >= 0.6 is 0 Å². The van der Waals surface area contributed by atoms with Gasteiger partial charge in [0, 0.05) is 18.8 Å². The lowest BCUT2D eigenvalue weighted by molar-refractivity contribution is 0.0936. The number of carbonyl (C=O) groups is 1. The summed E-state index contributed by atoms with van der Waals surface area (Å²) >= 11 is 0. The van der Waals surface area contributed by atoms with E-state index in [4.69, 9.17) is 5.11 Å². The van der Waals surface area contributed by atoms with Gasteiger partial charge in [0.15, 0.2) is 5.65 Å². The number of carbonyl (C=O) groups excluding carboxylic acids is 1. The van der Waals surface area contributed by atoms with Crippen molar-refractivity contribution in [2.75, 3.05) is 6.61 Å². The Hall–Kier alpha value is -1.95. The number of pyridine rings is 1. The third-order valence-electron chi connectivity index (χ3n) is 2.73. The van der Waals surface area contributed by atoms with Crippen LogP contribution in [0.2, 0.25) is 0 Å². The number of aliphatic hydroxyl groups is 1. The molecule has 0 radical (unpaired) electrons. The monoisotopic (exact) mass is 248 g/mol. The van der Waals surface area contributed by atoms with Crippen LogP contribution in [-0.2, 0) is 0 Å². The van der Waals surface area contributed by atoms with Crippen molar-refractivity contribution in [3.05, 3.63) is 30.2 Å². The fourth-order valence-corrected chi connectivity index (χ4v) is 1.74. The van der Waals surface area contributed by atoms with Crippen LogP contribution in [0.3, 0.4) is 0 Å². The van der Waals surface area contributed by atoms with Crippen LogP contribution in [0.4, 0.5) is 0 Å². The Bertz CT molecular complexity index is 538. The molecule has 0 aliphatic heterocycles. The lowest BCUT2D eigenvalue weighted by atomic mass is 10.1. The summed E-state index contributed by atoms with van der Waals surface area (Å²) in [6.07, 6.45) is 4.70. The molecule has 6 heteroatoms. The van der Waals surface area contributed by atoms with E-state index < -0.39 is 0 Å².